The van der Waals surface area contributed by atoms with Gasteiger partial charge in [-0.05, 0) is 38.5 Å². The lowest BCUT2D eigenvalue weighted by Gasteiger charge is -2.44. The third-order valence-corrected chi connectivity index (χ3v) is 17.9. The van der Waals surface area contributed by atoms with E-state index in [0.29, 0.717) is 0 Å². The van der Waals surface area contributed by atoms with Crippen molar-refractivity contribution in [1.82, 2.24) is 21.3 Å². The summed E-state index contributed by atoms with van der Waals surface area (Å²) in [6.45, 7) is 11.6. The molecule has 3 heterocycles. The van der Waals surface area contributed by atoms with Crippen LogP contribution >= 0.6 is 35.3 Å². The van der Waals surface area contributed by atoms with Crippen LogP contribution < -0.4 is 21.3 Å². The summed E-state index contributed by atoms with van der Waals surface area (Å²) >= 11 is 2.84. The van der Waals surface area contributed by atoms with Crippen molar-refractivity contribution in [3.63, 3.8) is 0 Å². The molecule has 3 rings (SSSR count). The summed E-state index contributed by atoms with van der Waals surface area (Å²) in [5.41, 5.74) is -3.55. The Morgan fingerprint density at radius 1 is 0.343 bits per heavy atom. The van der Waals surface area contributed by atoms with Crippen LogP contribution in [0.3, 0.4) is 0 Å². The summed E-state index contributed by atoms with van der Waals surface area (Å²) in [5, 5.41) is 32.8. The molecule has 3 fully saturated rings. The van der Waals surface area contributed by atoms with Gasteiger partial charge >= 0.3 is 77.6 Å². The monoisotopic (exact) mass is 1560 g/mol. The molecule has 0 radical (unpaired) electrons. The Bertz CT molecular complexity index is 3040. The Morgan fingerprint density at radius 3 is 0.867 bits per heavy atom. The number of thioether (sulfide) groups is 3. The van der Waals surface area contributed by atoms with E-state index in [2.05, 4.69) is 21.3 Å². The number of hydrogen-bond donors (Lipinski definition) is 5. The molecular weight excluding hydrogens is 1460 g/mol. The minimum atomic E-state index is -1.53. The molecule has 0 unspecified atom stereocenters. The number of rotatable bonds is 41. The van der Waals surface area contributed by atoms with Gasteiger partial charge in [-0.25, -0.2) is 4.79 Å². The molecule has 17 atom stereocenters. The zero-order valence-corrected chi connectivity index (χ0v) is 62.4. The van der Waals surface area contributed by atoms with Crippen LogP contribution in [0.4, 0.5) is 0 Å². The van der Waals surface area contributed by atoms with Crippen molar-refractivity contribution in [2.24, 2.45) is 0 Å². The van der Waals surface area contributed by atoms with Gasteiger partial charge in [-0.15, -0.1) is 35.3 Å². The van der Waals surface area contributed by atoms with Gasteiger partial charge in [0.2, 0.25) is 23.6 Å². The number of ether oxygens (including phenoxy) is 15. The highest BCUT2D eigenvalue weighted by Gasteiger charge is 2.55. The van der Waals surface area contributed by atoms with E-state index in [0.717, 1.165) is 118 Å². The summed E-state index contributed by atoms with van der Waals surface area (Å²) in [5.74, 6) is -13.9. The molecule has 0 spiro atoms. The number of unbranched alkanes of at least 4 members (excludes halogenated alkanes) is 2. The Kier molecular flexibility index (Phi) is 42.6. The van der Waals surface area contributed by atoms with Gasteiger partial charge in [-0.2, -0.15) is 0 Å². The minimum absolute atomic E-state index is 0.00579. The predicted molar refractivity (Wildman–Crippen MR) is 356 cm³/mol. The topological polar surface area (TPSA) is 545 Å². The number of amides is 4. The van der Waals surface area contributed by atoms with E-state index in [1.165, 1.54) is 0 Å². The summed E-state index contributed by atoms with van der Waals surface area (Å²) < 4.78 is 82.7. The molecule has 3 aliphatic rings. The van der Waals surface area contributed by atoms with Gasteiger partial charge in [0.25, 0.3) is 0 Å². The van der Waals surface area contributed by atoms with Gasteiger partial charge in [-0.3, -0.25) is 76.7 Å². The fraction of sp³-hybridized carbons (Fsp3) is 0.730. The first kappa shape index (κ1) is 92.4. The lowest BCUT2D eigenvalue weighted by atomic mass is 9.99. The molecule has 3 aliphatic heterocycles. The number of carboxylic acids is 1. The quantitative estimate of drug-likeness (QED) is 0.0237. The fourth-order valence-corrected chi connectivity index (χ4v) is 13.9. The molecule has 4 amide bonds. The first-order chi connectivity index (χ1) is 49.5. The van der Waals surface area contributed by atoms with Gasteiger partial charge in [0.15, 0.2) is 54.9 Å². The molecule has 0 aromatic rings. The summed E-state index contributed by atoms with van der Waals surface area (Å²) in [6, 6.07) is -2.93. The van der Waals surface area contributed by atoms with E-state index in [-0.39, 0.29) is 88.1 Å². The van der Waals surface area contributed by atoms with Crippen molar-refractivity contribution >= 4 is 137 Å². The highest BCUT2D eigenvalue weighted by Crippen LogP contribution is 2.38. The second-order valence-corrected chi connectivity index (χ2v) is 26.9. The van der Waals surface area contributed by atoms with Crippen molar-refractivity contribution < 1.29 is 158 Å². The van der Waals surface area contributed by atoms with E-state index in [9.17, 15) is 86.6 Å². The fourth-order valence-electron chi connectivity index (χ4n) is 10.4. The largest absolute Gasteiger partial charge is 0.480 e. The number of carboxylic acid groups (broad SMARTS) is 1. The summed E-state index contributed by atoms with van der Waals surface area (Å²) in [4.78, 5) is 213. The van der Waals surface area contributed by atoms with Gasteiger partial charge < -0.3 is 97.4 Å². The molecule has 0 bridgehead atoms. The number of nitrogens with one attached hydrogen (secondary N) is 4. The average molecular weight is 1560 g/mol. The molecule has 0 aliphatic carbocycles. The maximum Gasteiger partial charge on any atom is 0.326 e. The van der Waals surface area contributed by atoms with Crippen molar-refractivity contribution in [2.75, 3.05) is 50.2 Å². The molecule has 3 saturated heterocycles. The predicted octanol–water partition coefficient (Wildman–Crippen LogP) is 0.263. The minimum Gasteiger partial charge on any atom is -0.480 e. The number of nitrogens with zero attached hydrogens (tertiary/aromatic N) is 2. The molecule has 39 nitrogen and oxygen atoms in total. The Morgan fingerprint density at radius 2 is 0.600 bits per heavy atom. The number of hydrogen-bond acceptors (Lipinski definition) is 37. The Hall–Kier alpha value is -8.66. The van der Waals surface area contributed by atoms with Gasteiger partial charge in [0.1, 0.15) is 66.5 Å². The first-order valence-corrected chi connectivity index (χ1v) is 35.9. The molecule has 0 aromatic carbocycles. The third kappa shape index (κ3) is 35.8. The molecule has 105 heavy (non-hydrogen) atoms. The van der Waals surface area contributed by atoms with Gasteiger partial charge in [0.05, 0.1) is 0 Å². The van der Waals surface area contributed by atoms with Crippen LogP contribution in [0, 0.1) is 10.8 Å². The van der Waals surface area contributed by atoms with E-state index in [1.807, 2.05) is 0 Å². The Balaban J connectivity index is 0.0000186. The van der Waals surface area contributed by atoms with Gasteiger partial charge in [-0.1, -0.05) is 0 Å². The van der Waals surface area contributed by atoms with Gasteiger partial charge in [0, 0.05) is 143 Å². The smallest absolute Gasteiger partial charge is 0.326 e. The third-order valence-electron chi connectivity index (χ3n) is 14.4. The normalized spacial score (nSPS) is 24.3. The van der Waals surface area contributed by atoms with E-state index in [1.54, 1.807) is 0 Å². The summed E-state index contributed by atoms with van der Waals surface area (Å²) in [7, 11) is 0. The lowest BCUT2D eigenvalue weighted by molar-refractivity contribution is -0.237. The molecule has 590 valence electrons. The van der Waals surface area contributed by atoms with Crippen molar-refractivity contribution in [3.05, 3.63) is 0 Å². The summed E-state index contributed by atoms with van der Waals surface area (Å²) in [6.07, 6.45) is -16.8. The number of carbonyl (C=O) groups is 17. The molecular formula is C63H92N6O33S3. The van der Waals surface area contributed by atoms with E-state index in [4.69, 9.17) is 81.8 Å². The van der Waals surface area contributed by atoms with Crippen molar-refractivity contribution in [1.29, 1.82) is 10.8 Å². The van der Waals surface area contributed by atoms with Crippen molar-refractivity contribution in [3.8, 4) is 0 Å². The highest BCUT2D eigenvalue weighted by atomic mass is 32.2. The van der Waals surface area contributed by atoms with Crippen LogP contribution in [-0.4, -0.2) is 258 Å². The zero-order valence-electron chi connectivity index (χ0n) is 60.0. The molecule has 0 saturated carbocycles. The van der Waals surface area contributed by atoms with E-state index < -0.39 is 223 Å². The lowest BCUT2D eigenvalue weighted by Crippen LogP contribution is -2.61. The van der Waals surface area contributed by atoms with Crippen LogP contribution in [0.5, 0.6) is 0 Å². The zero-order chi connectivity index (χ0) is 79.2. The SMILES string of the molecule is CC(=O)OC[C@H]1O[C@H](SCCC(=O)NCCCC[C@H](NC(=O)[C@H](CCCCNC(=O)CCS[C@H]2O[C@H](COC(C)=O)[C@@H](OC(C)=O)[C@H](OC(C)=O)[C@@H]2OC(C)=O)NC(=O)CCS[C@H]2O[C@H](COC(C)=O)[C@@H](OC(C)=O)[C@H](OC(C)=O)[C@@H]2OC(C)=O)C(=O)O)[C@@H](OC(C)=O)[C@@H](OC(C)=O)[C@@H]1OC(C)=O.N#N. The van der Waals surface area contributed by atoms with E-state index >= 15 is 0 Å². The Labute approximate surface area is 616 Å². The maximum atomic E-state index is 14.1. The highest BCUT2D eigenvalue weighted by molar-refractivity contribution is 8.00. The average Bonchev–Trinajstić information content (AvgIpc) is 0.801. The van der Waals surface area contributed by atoms with Crippen molar-refractivity contribution in [2.45, 2.75) is 243 Å². The standard InChI is InChI=1S/C63H92N4O33S3.N2/c1-30(68)86-27-44-50(89-33(4)71)53(92-36(7)74)56(95-39(10)77)61(98-44)101-24-19-47(80)64-22-15-13-17-42(66-49(82)21-26-103-63-58(97-41(12)79)55(94-38(9)76)52(91-35(6)73)46(100-63)29-88-32(3)70)59(83)67-43(60(84)85)18-14-16-23-65-48(81)20-25-102-62-57(96-40(11)78)54(93-37(8)75)51(90-34(5)72)45(99-62)28-87-31(2)69;1-2/h42-46,50-58,61-63H,13-29H2,1-12H3,(H,64,80)(H,65,81)(H,66,82)(H,67,83)(H,84,85);/t42-,43-,44+,45+,46+,50+,51+,52+,53-,54-,55-,56-,57-,58-,61+,62+,63+;/m0./s1. The molecule has 0 aromatic heterocycles. The number of esters is 12. The van der Waals surface area contributed by atoms with Crippen LogP contribution in [0.15, 0.2) is 0 Å². The van der Waals surface area contributed by atoms with Crippen LogP contribution in [0.2, 0.25) is 0 Å². The van der Waals surface area contributed by atoms with Crippen LogP contribution in [-0.2, 0) is 153 Å². The number of aliphatic carboxylic acids is 1. The number of carbonyl (C=O) groups excluding carboxylic acids is 16. The second-order valence-electron chi connectivity index (χ2n) is 23.3. The molecule has 42 heteroatoms. The van der Waals surface area contributed by atoms with Crippen LogP contribution in [0.25, 0.3) is 0 Å². The van der Waals surface area contributed by atoms with Crippen LogP contribution in [0.1, 0.15) is 141 Å². The maximum absolute atomic E-state index is 14.1. The molecule has 5 N–H and O–H groups in total. The first-order valence-electron chi connectivity index (χ1n) is 32.8. The second kappa shape index (κ2) is 48.4.